The molecule has 0 spiro atoms. The standard InChI is InChI=1S/C13H12N2.C6H6/c14-10-3-4-12-9(6-10)5-8-1-2-11(15)7-13(8)12;1-2-4-6-5-3-1/h1-4,6-7H,5,14-15H2;1-6H. The lowest BCUT2D eigenvalue weighted by Crippen LogP contribution is -1.86. The summed E-state index contributed by atoms with van der Waals surface area (Å²) >= 11 is 0. The third-order valence-corrected chi connectivity index (χ3v) is 3.60. The highest BCUT2D eigenvalue weighted by Gasteiger charge is 2.17. The van der Waals surface area contributed by atoms with Gasteiger partial charge in [0.05, 0.1) is 0 Å². The Morgan fingerprint density at radius 1 is 0.571 bits per heavy atom. The van der Waals surface area contributed by atoms with Crippen molar-refractivity contribution >= 4 is 11.4 Å². The number of anilines is 2. The fraction of sp³-hybridized carbons (Fsp3) is 0.0526. The fourth-order valence-electron chi connectivity index (χ4n) is 2.61. The summed E-state index contributed by atoms with van der Waals surface area (Å²) in [6.45, 7) is 0. The highest BCUT2D eigenvalue weighted by atomic mass is 14.6. The van der Waals surface area contributed by atoms with Gasteiger partial charge in [0.1, 0.15) is 0 Å². The maximum absolute atomic E-state index is 5.79. The van der Waals surface area contributed by atoms with E-state index in [0.717, 1.165) is 17.8 Å². The zero-order chi connectivity index (χ0) is 14.7. The minimum atomic E-state index is 0.818. The van der Waals surface area contributed by atoms with E-state index < -0.39 is 0 Å². The quantitative estimate of drug-likeness (QED) is 0.474. The molecule has 3 aromatic carbocycles. The lowest BCUT2D eigenvalue weighted by atomic mass is 10.1. The van der Waals surface area contributed by atoms with Crippen molar-refractivity contribution in [3.63, 3.8) is 0 Å². The number of nitrogen functional groups attached to an aromatic ring is 2. The SMILES string of the molecule is Nc1ccc2c(c1)Cc1ccc(N)cc1-2.c1ccccc1. The van der Waals surface area contributed by atoms with E-state index in [1.807, 2.05) is 60.7 Å². The van der Waals surface area contributed by atoms with E-state index in [9.17, 15) is 0 Å². The summed E-state index contributed by atoms with van der Waals surface area (Å²) < 4.78 is 0. The van der Waals surface area contributed by atoms with Gasteiger partial charge in [-0.15, -0.1) is 0 Å². The number of nitrogens with two attached hydrogens (primary N) is 2. The van der Waals surface area contributed by atoms with Gasteiger partial charge in [-0.2, -0.15) is 0 Å². The Bertz CT molecular complexity index is 722. The summed E-state index contributed by atoms with van der Waals surface area (Å²) in [5.41, 5.74) is 18.4. The molecule has 4 N–H and O–H groups in total. The van der Waals surface area contributed by atoms with Crippen molar-refractivity contribution in [2.24, 2.45) is 0 Å². The molecule has 0 aliphatic heterocycles. The number of rotatable bonds is 0. The van der Waals surface area contributed by atoms with E-state index >= 15 is 0 Å². The first-order valence-corrected chi connectivity index (χ1v) is 7.01. The molecule has 0 fully saturated rings. The molecule has 4 rings (SSSR count). The zero-order valence-electron chi connectivity index (χ0n) is 11.8. The van der Waals surface area contributed by atoms with Crippen LogP contribution in [0.25, 0.3) is 11.1 Å². The van der Waals surface area contributed by atoms with Gasteiger partial charge in [-0.25, -0.2) is 0 Å². The van der Waals surface area contributed by atoms with Crippen molar-refractivity contribution in [1.29, 1.82) is 0 Å². The number of hydrogen-bond acceptors (Lipinski definition) is 2. The highest BCUT2D eigenvalue weighted by Crippen LogP contribution is 2.38. The van der Waals surface area contributed by atoms with Gasteiger partial charge in [0.25, 0.3) is 0 Å². The first kappa shape index (κ1) is 13.3. The van der Waals surface area contributed by atoms with Gasteiger partial charge in [0, 0.05) is 11.4 Å². The minimum absolute atomic E-state index is 0.818. The maximum Gasteiger partial charge on any atom is 0.0320 e. The van der Waals surface area contributed by atoms with Crippen molar-refractivity contribution in [2.75, 3.05) is 11.5 Å². The average molecular weight is 274 g/mol. The summed E-state index contributed by atoms with van der Waals surface area (Å²) in [5.74, 6) is 0. The topological polar surface area (TPSA) is 52.0 Å². The van der Waals surface area contributed by atoms with Crippen LogP contribution in [0.1, 0.15) is 11.1 Å². The molecular formula is C19H18N2. The van der Waals surface area contributed by atoms with Gasteiger partial charge in [-0.1, -0.05) is 48.5 Å². The fourth-order valence-corrected chi connectivity index (χ4v) is 2.61. The number of benzene rings is 3. The molecule has 1 aliphatic rings. The Labute approximate surface area is 125 Å². The van der Waals surface area contributed by atoms with Gasteiger partial charge >= 0.3 is 0 Å². The van der Waals surface area contributed by atoms with Crippen molar-refractivity contribution in [3.8, 4) is 11.1 Å². The van der Waals surface area contributed by atoms with Crippen LogP contribution in [0.3, 0.4) is 0 Å². The Morgan fingerprint density at radius 2 is 1.14 bits per heavy atom. The summed E-state index contributed by atoms with van der Waals surface area (Å²) in [5, 5.41) is 0. The summed E-state index contributed by atoms with van der Waals surface area (Å²) in [6, 6.07) is 24.2. The Balaban J connectivity index is 0.000000186. The van der Waals surface area contributed by atoms with E-state index in [4.69, 9.17) is 11.5 Å². The molecule has 0 saturated heterocycles. The van der Waals surface area contributed by atoms with Gasteiger partial charge < -0.3 is 11.5 Å². The molecule has 0 saturated carbocycles. The maximum atomic E-state index is 5.79. The second-order valence-electron chi connectivity index (χ2n) is 5.16. The van der Waals surface area contributed by atoms with Crippen LogP contribution in [-0.4, -0.2) is 0 Å². The van der Waals surface area contributed by atoms with Gasteiger partial charge in [0.2, 0.25) is 0 Å². The normalized spacial score (nSPS) is 11.0. The van der Waals surface area contributed by atoms with Crippen molar-refractivity contribution in [3.05, 3.63) is 83.9 Å². The Hall–Kier alpha value is -2.74. The largest absolute Gasteiger partial charge is 0.399 e. The third-order valence-electron chi connectivity index (χ3n) is 3.60. The van der Waals surface area contributed by atoms with E-state index in [2.05, 4.69) is 12.1 Å². The van der Waals surface area contributed by atoms with Crippen molar-refractivity contribution in [1.82, 2.24) is 0 Å². The molecule has 0 heterocycles. The smallest absolute Gasteiger partial charge is 0.0320 e. The van der Waals surface area contributed by atoms with Crippen LogP contribution in [0.4, 0.5) is 11.4 Å². The Morgan fingerprint density at radius 3 is 1.81 bits per heavy atom. The first-order chi connectivity index (χ1) is 10.2. The van der Waals surface area contributed by atoms with Crippen LogP contribution < -0.4 is 11.5 Å². The molecule has 2 heteroatoms. The molecule has 0 unspecified atom stereocenters. The van der Waals surface area contributed by atoms with Crippen molar-refractivity contribution in [2.45, 2.75) is 6.42 Å². The summed E-state index contributed by atoms with van der Waals surface area (Å²) in [7, 11) is 0. The van der Waals surface area contributed by atoms with Crippen LogP contribution in [0.15, 0.2) is 72.8 Å². The van der Waals surface area contributed by atoms with E-state index in [1.165, 1.54) is 22.3 Å². The summed E-state index contributed by atoms with van der Waals surface area (Å²) in [6.07, 6.45) is 0.968. The monoisotopic (exact) mass is 274 g/mol. The lowest BCUT2D eigenvalue weighted by Gasteiger charge is -2.02. The lowest BCUT2D eigenvalue weighted by molar-refractivity contribution is 1.26. The van der Waals surface area contributed by atoms with Gasteiger partial charge in [-0.05, 0) is 52.9 Å². The molecular weight excluding hydrogens is 256 g/mol. The number of hydrogen-bond donors (Lipinski definition) is 2. The van der Waals surface area contributed by atoms with Gasteiger partial charge in [-0.3, -0.25) is 0 Å². The van der Waals surface area contributed by atoms with Crippen LogP contribution >= 0.6 is 0 Å². The zero-order valence-corrected chi connectivity index (χ0v) is 11.8. The van der Waals surface area contributed by atoms with E-state index in [-0.39, 0.29) is 0 Å². The second-order valence-corrected chi connectivity index (χ2v) is 5.16. The molecule has 21 heavy (non-hydrogen) atoms. The van der Waals surface area contributed by atoms with Crippen LogP contribution in [0, 0.1) is 0 Å². The van der Waals surface area contributed by atoms with Gasteiger partial charge in [0.15, 0.2) is 0 Å². The predicted octanol–water partition coefficient (Wildman–Crippen LogP) is 4.11. The average Bonchev–Trinajstić information content (AvgIpc) is 2.86. The number of fused-ring (bicyclic) bond motifs is 3. The molecule has 0 radical (unpaired) electrons. The molecule has 0 atom stereocenters. The van der Waals surface area contributed by atoms with E-state index in [0.29, 0.717) is 0 Å². The molecule has 104 valence electrons. The molecule has 2 nitrogen and oxygen atoms in total. The van der Waals surface area contributed by atoms with Crippen molar-refractivity contribution < 1.29 is 0 Å². The minimum Gasteiger partial charge on any atom is -0.399 e. The summed E-state index contributed by atoms with van der Waals surface area (Å²) in [4.78, 5) is 0. The first-order valence-electron chi connectivity index (χ1n) is 7.01. The molecule has 1 aliphatic carbocycles. The van der Waals surface area contributed by atoms with E-state index in [1.54, 1.807) is 0 Å². The Kier molecular flexibility index (Phi) is 3.61. The molecule has 3 aromatic rings. The van der Waals surface area contributed by atoms with Crippen LogP contribution in [0.5, 0.6) is 0 Å². The van der Waals surface area contributed by atoms with Crippen LogP contribution in [-0.2, 0) is 6.42 Å². The highest BCUT2D eigenvalue weighted by molar-refractivity contribution is 5.80. The molecule has 0 aromatic heterocycles. The molecule has 0 amide bonds. The predicted molar refractivity (Wildman–Crippen MR) is 90.0 cm³/mol. The third kappa shape index (κ3) is 2.90. The molecule has 0 bridgehead atoms. The van der Waals surface area contributed by atoms with Crippen LogP contribution in [0.2, 0.25) is 0 Å². The second kappa shape index (κ2) is 5.71.